The quantitative estimate of drug-likeness (QED) is 0.209. The van der Waals surface area contributed by atoms with Gasteiger partial charge in [-0.25, -0.2) is 4.68 Å². The zero-order valence-corrected chi connectivity index (χ0v) is 18.1. The third-order valence-corrected chi connectivity index (χ3v) is 5.42. The number of benzene rings is 2. The number of carbonyl (C=O) groups excluding carboxylic acids is 1. The molecule has 4 rings (SSSR count). The number of ether oxygens (including phenoxy) is 1. The number of halogens is 1. The Hall–Kier alpha value is -3.72. The highest BCUT2D eigenvalue weighted by Gasteiger charge is 2.28. The van der Waals surface area contributed by atoms with E-state index in [-0.39, 0.29) is 22.8 Å². The van der Waals surface area contributed by atoms with Crippen molar-refractivity contribution < 1.29 is 18.9 Å². The summed E-state index contributed by atoms with van der Waals surface area (Å²) in [5, 5.41) is 15.6. The van der Waals surface area contributed by atoms with E-state index in [1.165, 1.54) is 12.1 Å². The van der Waals surface area contributed by atoms with E-state index in [2.05, 4.69) is 21.0 Å². The Morgan fingerprint density at radius 3 is 2.35 bits per heavy atom. The van der Waals surface area contributed by atoms with Crippen LogP contribution in [0.3, 0.4) is 0 Å². The molecule has 0 saturated carbocycles. The summed E-state index contributed by atoms with van der Waals surface area (Å²) in [6, 6.07) is 16.9. The van der Waals surface area contributed by atoms with E-state index in [4.69, 9.17) is 9.15 Å². The molecule has 0 aliphatic rings. The summed E-state index contributed by atoms with van der Waals surface area (Å²) >= 11 is 3.50. The minimum absolute atomic E-state index is 0.120. The average molecular weight is 482 g/mol. The molecule has 0 spiro atoms. The lowest BCUT2D eigenvalue weighted by Gasteiger charge is -2.05. The van der Waals surface area contributed by atoms with Gasteiger partial charge >= 0.3 is 5.88 Å². The molecule has 0 saturated heterocycles. The first-order valence-corrected chi connectivity index (χ1v) is 9.97. The minimum Gasteiger partial charge on any atom is -0.497 e. The molecule has 4 aromatic rings. The van der Waals surface area contributed by atoms with E-state index >= 15 is 0 Å². The Labute approximate surface area is 185 Å². The van der Waals surface area contributed by atoms with Crippen molar-refractivity contribution in [3.05, 3.63) is 92.1 Å². The predicted molar refractivity (Wildman–Crippen MR) is 117 cm³/mol. The van der Waals surface area contributed by atoms with Gasteiger partial charge in [0.2, 0.25) is 0 Å². The van der Waals surface area contributed by atoms with Crippen LogP contribution >= 0.6 is 15.9 Å². The Morgan fingerprint density at radius 2 is 1.77 bits per heavy atom. The Balaban J connectivity index is 1.89. The van der Waals surface area contributed by atoms with Gasteiger partial charge in [0, 0.05) is 5.56 Å². The molecule has 0 radical (unpaired) electrons. The fourth-order valence-electron chi connectivity index (χ4n) is 3.07. The topological polar surface area (TPSA) is 100 Å². The molecule has 2 aromatic heterocycles. The van der Waals surface area contributed by atoms with Crippen molar-refractivity contribution in [3.63, 3.8) is 0 Å². The van der Waals surface area contributed by atoms with Gasteiger partial charge in [0.15, 0.2) is 11.5 Å². The second-order valence-corrected chi connectivity index (χ2v) is 7.47. The van der Waals surface area contributed by atoms with E-state index in [9.17, 15) is 14.9 Å². The molecule has 0 amide bonds. The van der Waals surface area contributed by atoms with E-state index in [0.29, 0.717) is 21.6 Å². The SMILES string of the molecule is COc1ccc(C(=O)c2c(-c3ccc([N+](=O)[O-])o3)nn(-c3ccc(C)cc3)c2Br)cc1. The normalized spacial score (nSPS) is 10.8. The number of nitro groups is 1. The molecular formula is C22H16BrN3O5. The van der Waals surface area contributed by atoms with Crippen LogP contribution in [0.2, 0.25) is 0 Å². The molecule has 8 nitrogen and oxygen atoms in total. The molecule has 0 unspecified atom stereocenters. The summed E-state index contributed by atoms with van der Waals surface area (Å²) in [5.41, 5.74) is 2.63. The van der Waals surface area contributed by atoms with Crippen LogP contribution in [0, 0.1) is 17.0 Å². The second-order valence-electron chi connectivity index (χ2n) is 6.71. The van der Waals surface area contributed by atoms with Crippen molar-refractivity contribution in [2.45, 2.75) is 6.92 Å². The number of methoxy groups -OCH3 is 1. The van der Waals surface area contributed by atoms with Gasteiger partial charge in [0.25, 0.3) is 0 Å². The summed E-state index contributed by atoms with van der Waals surface area (Å²) in [7, 11) is 1.54. The molecule has 2 aromatic carbocycles. The third-order valence-electron chi connectivity index (χ3n) is 4.69. The van der Waals surface area contributed by atoms with Crippen molar-refractivity contribution in [2.75, 3.05) is 7.11 Å². The third kappa shape index (κ3) is 3.87. The van der Waals surface area contributed by atoms with Crippen LogP contribution in [0.5, 0.6) is 5.75 Å². The molecule has 0 atom stereocenters. The van der Waals surface area contributed by atoms with E-state index in [1.807, 2.05) is 31.2 Å². The number of hydrogen-bond donors (Lipinski definition) is 0. The molecule has 0 bridgehead atoms. The Kier molecular flexibility index (Phi) is 5.43. The van der Waals surface area contributed by atoms with Crippen LogP contribution in [-0.2, 0) is 0 Å². The lowest BCUT2D eigenvalue weighted by atomic mass is 10.0. The molecule has 0 fully saturated rings. The number of aryl methyl sites for hydroxylation is 1. The van der Waals surface area contributed by atoms with Crippen molar-refractivity contribution in [1.29, 1.82) is 0 Å². The number of ketones is 1. The zero-order chi connectivity index (χ0) is 22.1. The monoisotopic (exact) mass is 481 g/mol. The maximum atomic E-state index is 13.4. The van der Waals surface area contributed by atoms with Crippen molar-refractivity contribution in [2.24, 2.45) is 0 Å². The molecular weight excluding hydrogens is 466 g/mol. The van der Waals surface area contributed by atoms with Crippen LogP contribution in [-0.4, -0.2) is 27.6 Å². The summed E-state index contributed by atoms with van der Waals surface area (Å²) in [4.78, 5) is 23.8. The minimum atomic E-state index is -0.638. The largest absolute Gasteiger partial charge is 0.497 e. The average Bonchev–Trinajstić information content (AvgIpc) is 3.39. The van der Waals surface area contributed by atoms with Crippen LogP contribution < -0.4 is 4.74 Å². The summed E-state index contributed by atoms with van der Waals surface area (Å²) in [5.74, 6) is -0.0104. The van der Waals surface area contributed by atoms with Gasteiger partial charge in [-0.2, -0.15) is 5.10 Å². The van der Waals surface area contributed by atoms with Gasteiger partial charge in [-0.05, 0) is 65.3 Å². The molecule has 0 aliphatic carbocycles. The maximum absolute atomic E-state index is 13.4. The fraction of sp³-hybridized carbons (Fsp3) is 0.0909. The van der Waals surface area contributed by atoms with Gasteiger partial charge in [0.05, 0.1) is 24.4 Å². The van der Waals surface area contributed by atoms with Gasteiger partial charge in [-0.3, -0.25) is 14.9 Å². The van der Waals surface area contributed by atoms with Gasteiger partial charge < -0.3 is 9.15 Å². The standard InChI is InChI=1S/C22H16BrN3O5/c1-13-3-7-15(8-4-13)25-22(23)19(21(27)14-5-9-16(30-2)10-6-14)20(24-25)17-11-12-18(31-17)26(28)29/h3-12H,1-2H3. The van der Waals surface area contributed by atoms with E-state index in [1.54, 1.807) is 36.1 Å². The van der Waals surface area contributed by atoms with Crippen molar-refractivity contribution in [1.82, 2.24) is 9.78 Å². The number of aromatic nitrogens is 2. The lowest BCUT2D eigenvalue weighted by molar-refractivity contribution is -0.401. The first-order chi connectivity index (χ1) is 14.9. The summed E-state index contributed by atoms with van der Waals surface area (Å²) < 4.78 is 12.5. The molecule has 9 heteroatoms. The number of carbonyl (C=O) groups is 1. The number of hydrogen-bond acceptors (Lipinski definition) is 6. The smallest absolute Gasteiger partial charge is 0.433 e. The highest BCUT2D eigenvalue weighted by Crippen LogP contribution is 2.35. The first-order valence-electron chi connectivity index (χ1n) is 9.18. The van der Waals surface area contributed by atoms with Crippen LogP contribution in [0.25, 0.3) is 17.1 Å². The number of rotatable bonds is 6. The Bertz CT molecular complexity index is 1270. The molecule has 0 N–H and O–H groups in total. The second kappa shape index (κ2) is 8.19. The van der Waals surface area contributed by atoms with Crippen LogP contribution in [0.4, 0.5) is 5.88 Å². The molecule has 2 heterocycles. The van der Waals surface area contributed by atoms with Crippen LogP contribution in [0.15, 0.2) is 69.7 Å². The zero-order valence-electron chi connectivity index (χ0n) is 16.5. The van der Waals surface area contributed by atoms with Gasteiger partial charge in [0.1, 0.15) is 21.0 Å². The molecule has 156 valence electrons. The summed E-state index contributed by atoms with van der Waals surface area (Å²) in [6.45, 7) is 1.97. The van der Waals surface area contributed by atoms with Crippen molar-refractivity contribution >= 4 is 27.6 Å². The predicted octanol–water partition coefficient (Wildman–Crippen LogP) is 5.35. The summed E-state index contributed by atoms with van der Waals surface area (Å²) in [6.07, 6.45) is 0. The maximum Gasteiger partial charge on any atom is 0.433 e. The first kappa shape index (κ1) is 20.5. The molecule has 0 aliphatic heterocycles. The van der Waals surface area contributed by atoms with Gasteiger partial charge in [-0.1, -0.05) is 17.7 Å². The number of nitrogens with zero attached hydrogens (tertiary/aromatic N) is 3. The highest BCUT2D eigenvalue weighted by molar-refractivity contribution is 9.10. The van der Waals surface area contributed by atoms with Gasteiger partial charge in [-0.15, -0.1) is 0 Å². The Morgan fingerprint density at radius 1 is 1.10 bits per heavy atom. The van der Waals surface area contributed by atoms with Crippen LogP contribution in [0.1, 0.15) is 21.5 Å². The fourth-order valence-corrected chi connectivity index (χ4v) is 3.72. The van der Waals surface area contributed by atoms with Crippen molar-refractivity contribution in [3.8, 4) is 22.9 Å². The molecule has 31 heavy (non-hydrogen) atoms. The van der Waals surface area contributed by atoms with E-state index < -0.39 is 10.8 Å². The lowest BCUT2D eigenvalue weighted by Crippen LogP contribution is -2.03. The number of furan rings is 1. The highest BCUT2D eigenvalue weighted by atomic mass is 79.9. The van der Waals surface area contributed by atoms with E-state index in [0.717, 1.165) is 5.56 Å².